The van der Waals surface area contributed by atoms with E-state index in [4.69, 9.17) is 0 Å². The molecule has 0 aliphatic heterocycles. The average molecular weight is 196 g/mol. The van der Waals surface area contributed by atoms with Crippen LogP contribution in [-0.2, 0) is 0 Å². The summed E-state index contributed by atoms with van der Waals surface area (Å²) in [6.45, 7) is 7.43. The SMILES string of the molecule is C=C/C=C(\C=C)c1cn2ccccc2n1. The molecule has 74 valence electrons. The van der Waals surface area contributed by atoms with Gasteiger partial charge in [0.1, 0.15) is 5.65 Å². The minimum absolute atomic E-state index is 0.913. The van der Waals surface area contributed by atoms with Crippen LogP contribution in [0.3, 0.4) is 0 Å². The van der Waals surface area contributed by atoms with Gasteiger partial charge in [0.25, 0.3) is 0 Å². The molecule has 0 fully saturated rings. The summed E-state index contributed by atoms with van der Waals surface area (Å²) in [7, 11) is 0. The third-order valence-electron chi connectivity index (χ3n) is 2.18. The van der Waals surface area contributed by atoms with Crippen molar-refractivity contribution in [2.75, 3.05) is 0 Å². The van der Waals surface area contributed by atoms with Crippen LogP contribution in [0.4, 0.5) is 0 Å². The number of nitrogens with zero attached hydrogens (tertiary/aromatic N) is 2. The van der Waals surface area contributed by atoms with Gasteiger partial charge >= 0.3 is 0 Å². The number of allylic oxidation sites excluding steroid dienone is 4. The van der Waals surface area contributed by atoms with Crippen molar-refractivity contribution in [1.29, 1.82) is 0 Å². The number of rotatable bonds is 3. The van der Waals surface area contributed by atoms with Crippen molar-refractivity contribution in [1.82, 2.24) is 9.38 Å². The van der Waals surface area contributed by atoms with Crippen molar-refractivity contribution in [3.05, 3.63) is 67.7 Å². The Hall–Kier alpha value is -2.09. The predicted molar refractivity (Wildman–Crippen MR) is 63.6 cm³/mol. The Morgan fingerprint density at radius 1 is 1.33 bits per heavy atom. The van der Waals surface area contributed by atoms with Gasteiger partial charge in [-0.05, 0) is 12.1 Å². The molecule has 0 aliphatic rings. The van der Waals surface area contributed by atoms with Crippen molar-refractivity contribution < 1.29 is 0 Å². The van der Waals surface area contributed by atoms with Crippen molar-refractivity contribution >= 4 is 11.2 Å². The number of imidazole rings is 1. The van der Waals surface area contributed by atoms with E-state index in [1.807, 2.05) is 41.1 Å². The Labute approximate surface area is 88.9 Å². The summed E-state index contributed by atoms with van der Waals surface area (Å²) >= 11 is 0. The van der Waals surface area contributed by atoms with Gasteiger partial charge in [-0.15, -0.1) is 0 Å². The molecule has 0 unspecified atom stereocenters. The lowest BCUT2D eigenvalue weighted by Crippen LogP contribution is -1.78. The molecule has 2 heteroatoms. The Bertz CT molecular complexity index is 499. The van der Waals surface area contributed by atoms with E-state index in [1.165, 1.54) is 0 Å². The third kappa shape index (κ3) is 1.74. The standard InChI is InChI=1S/C13H12N2/c1-3-7-11(4-2)12-10-15-9-6-5-8-13(15)14-12/h3-10H,1-2H2/b11-7+. The number of hydrogen-bond donors (Lipinski definition) is 0. The average Bonchev–Trinajstić information content (AvgIpc) is 2.69. The zero-order chi connectivity index (χ0) is 10.7. The summed E-state index contributed by atoms with van der Waals surface area (Å²) < 4.78 is 1.98. The normalized spacial score (nSPS) is 11.6. The Morgan fingerprint density at radius 2 is 2.20 bits per heavy atom. The minimum Gasteiger partial charge on any atom is -0.306 e. The Morgan fingerprint density at radius 3 is 2.87 bits per heavy atom. The fourth-order valence-electron chi connectivity index (χ4n) is 1.46. The molecular formula is C13H12N2. The molecule has 0 N–H and O–H groups in total. The van der Waals surface area contributed by atoms with Gasteiger partial charge in [-0.25, -0.2) is 4.98 Å². The number of aromatic nitrogens is 2. The van der Waals surface area contributed by atoms with E-state index >= 15 is 0 Å². The van der Waals surface area contributed by atoms with E-state index in [2.05, 4.69) is 18.1 Å². The van der Waals surface area contributed by atoms with Crippen molar-refractivity contribution in [2.24, 2.45) is 0 Å². The molecule has 0 spiro atoms. The van der Waals surface area contributed by atoms with Crippen LogP contribution in [0.1, 0.15) is 5.69 Å². The molecule has 0 amide bonds. The maximum absolute atomic E-state index is 4.48. The summed E-state index contributed by atoms with van der Waals surface area (Å²) in [5.74, 6) is 0. The number of fused-ring (bicyclic) bond motifs is 1. The molecule has 0 saturated heterocycles. The molecule has 0 saturated carbocycles. The Balaban J connectivity index is 2.57. The first-order valence-corrected chi connectivity index (χ1v) is 4.74. The molecule has 2 aromatic heterocycles. The van der Waals surface area contributed by atoms with Gasteiger partial charge in [0.05, 0.1) is 5.69 Å². The first kappa shape index (κ1) is 9.46. The maximum atomic E-state index is 4.48. The van der Waals surface area contributed by atoms with Crippen LogP contribution in [0.25, 0.3) is 11.2 Å². The fraction of sp³-hybridized carbons (Fsp3) is 0. The summed E-state index contributed by atoms with van der Waals surface area (Å²) in [5, 5.41) is 0. The molecule has 0 bridgehead atoms. The zero-order valence-electron chi connectivity index (χ0n) is 8.43. The van der Waals surface area contributed by atoms with E-state index in [9.17, 15) is 0 Å². The van der Waals surface area contributed by atoms with Gasteiger partial charge < -0.3 is 4.40 Å². The molecule has 0 aliphatic carbocycles. The van der Waals surface area contributed by atoms with Gasteiger partial charge in [-0.1, -0.05) is 37.5 Å². The van der Waals surface area contributed by atoms with Crippen LogP contribution in [-0.4, -0.2) is 9.38 Å². The molecule has 2 aromatic rings. The van der Waals surface area contributed by atoms with Gasteiger partial charge in [0, 0.05) is 18.0 Å². The van der Waals surface area contributed by atoms with E-state index in [-0.39, 0.29) is 0 Å². The van der Waals surface area contributed by atoms with Crippen molar-refractivity contribution in [2.45, 2.75) is 0 Å². The minimum atomic E-state index is 0.913. The fourth-order valence-corrected chi connectivity index (χ4v) is 1.46. The molecule has 2 heterocycles. The third-order valence-corrected chi connectivity index (χ3v) is 2.18. The molecule has 0 radical (unpaired) electrons. The highest BCUT2D eigenvalue weighted by molar-refractivity contribution is 5.73. The lowest BCUT2D eigenvalue weighted by molar-refractivity contribution is 1.19. The summed E-state index contributed by atoms with van der Waals surface area (Å²) in [4.78, 5) is 4.48. The zero-order valence-corrected chi connectivity index (χ0v) is 8.43. The molecule has 2 nitrogen and oxygen atoms in total. The number of pyridine rings is 1. The quantitative estimate of drug-likeness (QED) is 0.689. The molecule has 2 rings (SSSR count). The lowest BCUT2D eigenvalue weighted by atomic mass is 10.2. The second-order valence-electron chi connectivity index (χ2n) is 3.15. The van der Waals surface area contributed by atoms with Gasteiger partial charge in [-0.2, -0.15) is 0 Å². The van der Waals surface area contributed by atoms with Crippen molar-refractivity contribution in [3.63, 3.8) is 0 Å². The van der Waals surface area contributed by atoms with Crippen molar-refractivity contribution in [3.8, 4) is 0 Å². The van der Waals surface area contributed by atoms with Crippen LogP contribution in [0.5, 0.6) is 0 Å². The highest BCUT2D eigenvalue weighted by atomic mass is 15.0. The van der Waals surface area contributed by atoms with Gasteiger partial charge in [-0.3, -0.25) is 0 Å². The second kappa shape index (κ2) is 3.96. The second-order valence-corrected chi connectivity index (χ2v) is 3.15. The number of hydrogen-bond acceptors (Lipinski definition) is 1. The van der Waals surface area contributed by atoms with Crippen LogP contribution in [0.2, 0.25) is 0 Å². The molecular weight excluding hydrogens is 184 g/mol. The topological polar surface area (TPSA) is 17.3 Å². The predicted octanol–water partition coefficient (Wildman–Crippen LogP) is 3.09. The maximum Gasteiger partial charge on any atom is 0.137 e. The van der Waals surface area contributed by atoms with Crippen LogP contribution >= 0.6 is 0 Å². The summed E-state index contributed by atoms with van der Waals surface area (Å²) in [5.41, 5.74) is 2.83. The van der Waals surface area contributed by atoms with Crippen LogP contribution < -0.4 is 0 Å². The monoisotopic (exact) mass is 196 g/mol. The van der Waals surface area contributed by atoms with E-state index < -0.39 is 0 Å². The largest absolute Gasteiger partial charge is 0.306 e. The summed E-state index contributed by atoms with van der Waals surface area (Å²) in [6, 6.07) is 5.91. The van der Waals surface area contributed by atoms with Gasteiger partial charge in [0.15, 0.2) is 0 Å². The Kier molecular flexibility index (Phi) is 2.50. The highest BCUT2D eigenvalue weighted by Crippen LogP contribution is 2.15. The first-order chi connectivity index (χ1) is 7.35. The van der Waals surface area contributed by atoms with E-state index in [0.29, 0.717) is 0 Å². The molecule has 0 atom stereocenters. The first-order valence-electron chi connectivity index (χ1n) is 4.74. The smallest absolute Gasteiger partial charge is 0.137 e. The molecule has 0 aromatic carbocycles. The van der Waals surface area contributed by atoms with Crippen LogP contribution in [0.15, 0.2) is 62.0 Å². The van der Waals surface area contributed by atoms with Crippen LogP contribution in [0, 0.1) is 0 Å². The van der Waals surface area contributed by atoms with E-state index in [1.54, 1.807) is 12.2 Å². The molecule has 15 heavy (non-hydrogen) atoms. The lowest BCUT2D eigenvalue weighted by Gasteiger charge is -1.92. The highest BCUT2D eigenvalue weighted by Gasteiger charge is 2.02. The van der Waals surface area contributed by atoms with Gasteiger partial charge in [0.2, 0.25) is 0 Å². The van der Waals surface area contributed by atoms with E-state index in [0.717, 1.165) is 16.9 Å². The summed E-state index contributed by atoms with van der Waals surface area (Å²) in [6.07, 6.45) is 9.37.